The van der Waals surface area contributed by atoms with E-state index in [4.69, 9.17) is 0 Å². The maximum absolute atomic E-state index is 13.5. The van der Waals surface area contributed by atoms with Crippen LogP contribution < -0.4 is 5.32 Å². The van der Waals surface area contributed by atoms with Gasteiger partial charge in [-0.05, 0) is 24.3 Å². The van der Waals surface area contributed by atoms with Crippen molar-refractivity contribution in [1.29, 1.82) is 0 Å². The minimum atomic E-state index is -0.852. The molecule has 24 heavy (non-hydrogen) atoms. The second-order valence-corrected chi connectivity index (χ2v) is 5.18. The number of amides is 1. The molecule has 1 amide bonds. The molecule has 0 radical (unpaired) electrons. The number of carbonyl (C=O) groups is 1. The predicted molar refractivity (Wildman–Crippen MR) is 83.0 cm³/mol. The molecular formula is C16H13F2N5O. The fourth-order valence-corrected chi connectivity index (χ4v) is 2.04. The number of halogens is 2. The normalized spacial score (nSPS) is 10.6. The smallest absolute Gasteiger partial charge is 0.248 e. The van der Waals surface area contributed by atoms with Crippen LogP contribution in [0.5, 0.6) is 0 Å². The largest absolute Gasteiger partial charge is 0.322 e. The maximum Gasteiger partial charge on any atom is 0.248 e. The second-order valence-electron chi connectivity index (χ2n) is 5.18. The van der Waals surface area contributed by atoms with Gasteiger partial charge >= 0.3 is 0 Å². The number of carbonyl (C=O) groups excluding carboxylic acids is 1. The first-order chi connectivity index (χ1) is 11.5. The summed E-state index contributed by atoms with van der Waals surface area (Å²) in [4.78, 5) is 13.0. The molecule has 8 heteroatoms. The van der Waals surface area contributed by atoms with Crippen LogP contribution in [0.4, 0.5) is 14.5 Å². The van der Waals surface area contributed by atoms with Gasteiger partial charge in [0.2, 0.25) is 11.7 Å². The number of aryl methyl sites for hydroxylation is 1. The summed E-state index contributed by atoms with van der Waals surface area (Å²) >= 11 is 0. The highest BCUT2D eigenvalue weighted by atomic mass is 19.1. The molecule has 1 aromatic heterocycles. The third kappa shape index (κ3) is 3.60. The van der Waals surface area contributed by atoms with Crippen LogP contribution in [-0.2, 0) is 11.3 Å². The predicted octanol–water partition coefficient (Wildman–Crippen LogP) is 2.57. The fraction of sp³-hybridized carbons (Fsp3) is 0.125. The maximum atomic E-state index is 13.5. The lowest BCUT2D eigenvalue weighted by Crippen LogP contribution is -2.21. The van der Waals surface area contributed by atoms with Gasteiger partial charge in [-0.25, -0.2) is 8.78 Å². The van der Waals surface area contributed by atoms with Crippen LogP contribution in [0.3, 0.4) is 0 Å². The van der Waals surface area contributed by atoms with E-state index in [0.717, 1.165) is 28.1 Å². The summed E-state index contributed by atoms with van der Waals surface area (Å²) in [7, 11) is 0. The molecule has 0 fully saturated rings. The minimum Gasteiger partial charge on any atom is -0.322 e. The Hall–Kier alpha value is -3.16. The average Bonchev–Trinajstić information content (AvgIpc) is 2.99. The molecule has 2 aromatic carbocycles. The average molecular weight is 329 g/mol. The summed E-state index contributed by atoms with van der Waals surface area (Å²) in [6.45, 7) is 1.72. The summed E-state index contributed by atoms with van der Waals surface area (Å²) in [5.74, 6) is -1.73. The van der Waals surface area contributed by atoms with E-state index in [2.05, 4.69) is 20.7 Å². The van der Waals surface area contributed by atoms with Gasteiger partial charge in [0.25, 0.3) is 0 Å². The van der Waals surface area contributed by atoms with Crippen molar-refractivity contribution in [2.75, 3.05) is 5.32 Å². The van der Waals surface area contributed by atoms with Gasteiger partial charge in [-0.3, -0.25) is 4.79 Å². The molecule has 1 N–H and O–H groups in total. The van der Waals surface area contributed by atoms with Crippen molar-refractivity contribution in [3.05, 3.63) is 59.7 Å². The second kappa shape index (κ2) is 6.53. The number of nitrogens with one attached hydrogen (secondary N) is 1. The van der Waals surface area contributed by atoms with E-state index in [1.807, 2.05) is 31.2 Å². The van der Waals surface area contributed by atoms with Crippen LogP contribution >= 0.6 is 0 Å². The van der Waals surface area contributed by atoms with Crippen molar-refractivity contribution in [1.82, 2.24) is 20.2 Å². The first kappa shape index (κ1) is 15.7. The van der Waals surface area contributed by atoms with E-state index in [1.165, 1.54) is 0 Å². The quantitative estimate of drug-likeness (QED) is 0.798. The van der Waals surface area contributed by atoms with E-state index in [0.29, 0.717) is 11.9 Å². The Morgan fingerprint density at radius 1 is 1.17 bits per heavy atom. The monoisotopic (exact) mass is 329 g/mol. The van der Waals surface area contributed by atoms with Crippen LogP contribution in [0.25, 0.3) is 11.4 Å². The molecule has 0 atom stereocenters. The topological polar surface area (TPSA) is 72.7 Å². The molecule has 3 aromatic rings. The Morgan fingerprint density at radius 3 is 2.62 bits per heavy atom. The van der Waals surface area contributed by atoms with Crippen molar-refractivity contribution < 1.29 is 13.6 Å². The molecule has 0 bridgehead atoms. The molecule has 0 unspecified atom stereocenters. The van der Waals surface area contributed by atoms with Gasteiger partial charge in [-0.15, -0.1) is 10.2 Å². The zero-order valence-corrected chi connectivity index (χ0v) is 12.7. The van der Waals surface area contributed by atoms with Gasteiger partial charge in [0.1, 0.15) is 18.2 Å². The van der Waals surface area contributed by atoms with E-state index >= 15 is 0 Å². The molecule has 1 heterocycles. The summed E-state index contributed by atoms with van der Waals surface area (Å²) in [6.07, 6.45) is 0. The molecule has 0 spiro atoms. The van der Waals surface area contributed by atoms with E-state index < -0.39 is 17.5 Å². The van der Waals surface area contributed by atoms with Crippen LogP contribution in [0.15, 0.2) is 42.5 Å². The van der Waals surface area contributed by atoms with Gasteiger partial charge in [0.05, 0.1) is 5.69 Å². The van der Waals surface area contributed by atoms with Crippen LogP contribution in [0, 0.1) is 18.6 Å². The zero-order valence-electron chi connectivity index (χ0n) is 12.7. The third-order valence-corrected chi connectivity index (χ3v) is 3.25. The first-order valence-corrected chi connectivity index (χ1v) is 7.11. The number of nitrogens with zero attached hydrogens (tertiary/aromatic N) is 4. The highest BCUT2D eigenvalue weighted by Gasteiger charge is 2.11. The molecule has 122 valence electrons. The Balaban J connectivity index is 1.68. The fourth-order valence-electron chi connectivity index (χ4n) is 2.04. The molecule has 0 aliphatic heterocycles. The van der Waals surface area contributed by atoms with Crippen molar-refractivity contribution in [2.45, 2.75) is 13.5 Å². The molecule has 6 nitrogen and oxygen atoms in total. The van der Waals surface area contributed by atoms with Gasteiger partial charge in [-0.2, -0.15) is 4.80 Å². The summed E-state index contributed by atoms with van der Waals surface area (Å²) in [5.41, 5.74) is 1.77. The Bertz CT molecular complexity index is 876. The van der Waals surface area contributed by atoms with Crippen molar-refractivity contribution >= 4 is 11.6 Å². The Labute approximate surface area is 136 Å². The van der Waals surface area contributed by atoms with Crippen molar-refractivity contribution in [2.24, 2.45) is 0 Å². The lowest BCUT2D eigenvalue weighted by Gasteiger charge is -2.05. The van der Waals surface area contributed by atoms with Gasteiger partial charge in [0.15, 0.2) is 0 Å². The summed E-state index contributed by atoms with van der Waals surface area (Å²) in [5, 5.41) is 14.1. The van der Waals surface area contributed by atoms with E-state index in [9.17, 15) is 13.6 Å². The van der Waals surface area contributed by atoms with Crippen molar-refractivity contribution in [3.63, 3.8) is 0 Å². The first-order valence-electron chi connectivity index (χ1n) is 7.11. The number of rotatable bonds is 4. The van der Waals surface area contributed by atoms with Gasteiger partial charge in [-0.1, -0.05) is 29.8 Å². The molecule has 0 saturated carbocycles. The number of benzene rings is 2. The van der Waals surface area contributed by atoms with Gasteiger partial charge in [0, 0.05) is 11.6 Å². The molecule has 0 aliphatic carbocycles. The standard InChI is InChI=1S/C16H13F2N5O/c1-10-2-4-11(5-3-10)16-20-22-23(21-16)9-15(24)19-14-7-6-12(17)8-13(14)18/h2-8H,9H2,1H3,(H,19,24). The van der Waals surface area contributed by atoms with Crippen LogP contribution in [-0.4, -0.2) is 26.1 Å². The van der Waals surface area contributed by atoms with Crippen molar-refractivity contribution in [3.8, 4) is 11.4 Å². The highest BCUT2D eigenvalue weighted by molar-refractivity contribution is 5.90. The SMILES string of the molecule is Cc1ccc(-c2nnn(CC(=O)Nc3ccc(F)cc3F)n2)cc1. The highest BCUT2D eigenvalue weighted by Crippen LogP contribution is 2.15. The van der Waals surface area contributed by atoms with E-state index in [1.54, 1.807) is 0 Å². The number of aromatic nitrogens is 4. The van der Waals surface area contributed by atoms with Crippen LogP contribution in [0.2, 0.25) is 0 Å². The summed E-state index contributed by atoms with van der Waals surface area (Å²) < 4.78 is 26.3. The molecule has 3 rings (SSSR count). The van der Waals surface area contributed by atoms with Gasteiger partial charge < -0.3 is 5.32 Å². The molecule has 0 saturated heterocycles. The van der Waals surface area contributed by atoms with Crippen LogP contribution in [0.1, 0.15) is 5.56 Å². The Morgan fingerprint density at radius 2 is 1.92 bits per heavy atom. The van der Waals surface area contributed by atoms with E-state index in [-0.39, 0.29) is 12.2 Å². The lowest BCUT2D eigenvalue weighted by atomic mass is 10.1. The summed E-state index contributed by atoms with van der Waals surface area (Å²) in [6, 6.07) is 10.4. The number of tetrazole rings is 1. The molecule has 0 aliphatic rings. The number of hydrogen-bond donors (Lipinski definition) is 1. The lowest BCUT2D eigenvalue weighted by molar-refractivity contribution is -0.117. The minimum absolute atomic E-state index is 0.111. The zero-order chi connectivity index (χ0) is 17.1. The number of anilines is 1. The molecular weight excluding hydrogens is 316 g/mol. The number of hydrogen-bond acceptors (Lipinski definition) is 4. The Kier molecular flexibility index (Phi) is 4.28. The third-order valence-electron chi connectivity index (χ3n) is 3.25.